The van der Waals surface area contributed by atoms with E-state index in [-0.39, 0.29) is 11.5 Å². The first-order valence-electron chi connectivity index (χ1n) is 7.76. The number of hydrogen-bond acceptors (Lipinski definition) is 2. The summed E-state index contributed by atoms with van der Waals surface area (Å²) in [6.07, 6.45) is 8.38. The molecule has 2 heteroatoms. The fourth-order valence-corrected chi connectivity index (χ4v) is 5.95. The zero-order valence-corrected chi connectivity index (χ0v) is 11.7. The van der Waals surface area contributed by atoms with E-state index in [1.165, 1.54) is 38.5 Å². The predicted octanol–water partition coefficient (Wildman–Crippen LogP) is 2.77. The summed E-state index contributed by atoms with van der Waals surface area (Å²) in [5, 5.41) is 3.60. The molecule has 5 aliphatic rings. The highest BCUT2D eigenvalue weighted by Crippen LogP contribution is 2.62. The van der Waals surface area contributed by atoms with E-state index in [1.54, 1.807) is 0 Å². The van der Waals surface area contributed by atoms with E-state index in [2.05, 4.69) is 19.2 Å². The van der Waals surface area contributed by atoms with Crippen LogP contribution in [-0.2, 0) is 4.79 Å². The molecule has 1 heterocycles. The van der Waals surface area contributed by atoms with Gasteiger partial charge in [-0.2, -0.15) is 0 Å². The van der Waals surface area contributed by atoms with Gasteiger partial charge in [-0.15, -0.1) is 0 Å². The fourth-order valence-electron chi connectivity index (χ4n) is 5.95. The summed E-state index contributed by atoms with van der Waals surface area (Å²) in [5.41, 5.74) is 0.216. The number of hydrogen-bond donors (Lipinski definition) is 1. The zero-order valence-electron chi connectivity index (χ0n) is 11.7. The van der Waals surface area contributed by atoms with Gasteiger partial charge in [-0.1, -0.05) is 13.8 Å². The lowest BCUT2D eigenvalue weighted by molar-refractivity contribution is -0.134. The van der Waals surface area contributed by atoms with Crippen LogP contribution in [0, 0.1) is 28.6 Å². The molecule has 0 aromatic rings. The molecule has 100 valence electrons. The molecule has 1 N–H and O–H groups in total. The lowest BCUT2D eigenvalue weighted by Crippen LogP contribution is -2.56. The Balaban J connectivity index is 1.67. The van der Waals surface area contributed by atoms with Crippen molar-refractivity contribution in [1.82, 2.24) is 5.32 Å². The molecule has 4 aliphatic carbocycles. The number of carbonyl (C=O) groups excluding carboxylic acids is 1. The van der Waals surface area contributed by atoms with Crippen molar-refractivity contribution in [2.75, 3.05) is 6.54 Å². The van der Waals surface area contributed by atoms with Crippen LogP contribution in [0.3, 0.4) is 0 Å². The quantitative estimate of drug-likeness (QED) is 0.772. The highest BCUT2D eigenvalue weighted by molar-refractivity contribution is 5.92. The molecule has 1 unspecified atom stereocenters. The molecule has 18 heavy (non-hydrogen) atoms. The number of Topliss-reactive ketones (excluding diaryl/α,β-unsaturated/α-hetero) is 1. The van der Waals surface area contributed by atoms with Gasteiger partial charge in [0.05, 0.1) is 6.04 Å². The second-order valence-corrected chi connectivity index (χ2v) is 8.34. The third kappa shape index (κ3) is 1.41. The van der Waals surface area contributed by atoms with Crippen molar-refractivity contribution in [1.29, 1.82) is 0 Å². The van der Waals surface area contributed by atoms with E-state index in [0.29, 0.717) is 11.2 Å². The minimum atomic E-state index is -0.131. The molecule has 4 saturated carbocycles. The highest BCUT2D eigenvalue weighted by atomic mass is 16.1. The second kappa shape index (κ2) is 3.39. The van der Waals surface area contributed by atoms with Gasteiger partial charge in [-0.05, 0) is 61.7 Å². The number of carbonyl (C=O) groups is 1. The Kier molecular flexibility index (Phi) is 2.16. The predicted molar refractivity (Wildman–Crippen MR) is 71.2 cm³/mol. The first-order valence-corrected chi connectivity index (χ1v) is 7.76. The zero-order chi connectivity index (χ0) is 12.5. The highest BCUT2D eigenvalue weighted by Gasteiger charge is 2.58. The van der Waals surface area contributed by atoms with Crippen molar-refractivity contribution in [2.45, 2.75) is 58.4 Å². The Morgan fingerprint density at radius 1 is 1.00 bits per heavy atom. The van der Waals surface area contributed by atoms with Crippen LogP contribution >= 0.6 is 0 Å². The van der Waals surface area contributed by atoms with Gasteiger partial charge in [0, 0.05) is 12.0 Å². The molecule has 1 atom stereocenters. The average Bonchev–Trinajstić information content (AvgIpc) is 2.52. The summed E-state index contributed by atoms with van der Waals surface area (Å²) in [4.78, 5) is 12.7. The van der Waals surface area contributed by atoms with Crippen LogP contribution in [0.1, 0.15) is 52.4 Å². The maximum Gasteiger partial charge on any atom is 0.157 e. The molecule has 4 bridgehead atoms. The van der Waals surface area contributed by atoms with Crippen LogP contribution in [0.5, 0.6) is 0 Å². The van der Waals surface area contributed by atoms with Gasteiger partial charge in [0.15, 0.2) is 5.78 Å². The van der Waals surface area contributed by atoms with Crippen molar-refractivity contribution >= 4 is 5.78 Å². The molecule has 0 amide bonds. The van der Waals surface area contributed by atoms with Gasteiger partial charge in [-0.25, -0.2) is 0 Å². The van der Waals surface area contributed by atoms with E-state index in [9.17, 15) is 4.79 Å². The molecule has 1 saturated heterocycles. The van der Waals surface area contributed by atoms with Crippen LogP contribution < -0.4 is 5.32 Å². The van der Waals surface area contributed by atoms with Gasteiger partial charge in [-0.3, -0.25) is 4.79 Å². The molecule has 0 aromatic carbocycles. The van der Waals surface area contributed by atoms with E-state index in [4.69, 9.17) is 0 Å². The van der Waals surface area contributed by atoms with Gasteiger partial charge >= 0.3 is 0 Å². The Morgan fingerprint density at radius 2 is 1.50 bits per heavy atom. The van der Waals surface area contributed by atoms with Crippen molar-refractivity contribution in [3.63, 3.8) is 0 Å². The number of rotatable bonds is 1. The largest absolute Gasteiger partial charge is 0.306 e. The van der Waals surface area contributed by atoms with Crippen molar-refractivity contribution in [2.24, 2.45) is 28.6 Å². The van der Waals surface area contributed by atoms with Gasteiger partial charge in [0.25, 0.3) is 0 Å². The minimum absolute atomic E-state index is 0.131. The third-order valence-electron chi connectivity index (χ3n) is 6.38. The number of ketones is 1. The smallest absolute Gasteiger partial charge is 0.157 e. The van der Waals surface area contributed by atoms with Crippen molar-refractivity contribution < 1.29 is 4.79 Å². The topological polar surface area (TPSA) is 29.1 Å². The minimum Gasteiger partial charge on any atom is -0.306 e. The van der Waals surface area contributed by atoms with Crippen molar-refractivity contribution in [3.05, 3.63) is 0 Å². The third-order valence-corrected chi connectivity index (χ3v) is 6.38. The van der Waals surface area contributed by atoms with Crippen LogP contribution in [-0.4, -0.2) is 18.4 Å². The number of nitrogens with one attached hydrogen (secondary N) is 1. The average molecular weight is 247 g/mol. The van der Waals surface area contributed by atoms with Crippen LogP contribution in [0.25, 0.3) is 0 Å². The van der Waals surface area contributed by atoms with Gasteiger partial charge < -0.3 is 5.32 Å². The van der Waals surface area contributed by atoms with Crippen LogP contribution in [0.15, 0.2) is 0 Å². The Morgan fingerprint density at radius 3 is 1.89 bits per heavy atom. The summed E-state index contributed by atoms with van der Waals surface area (Å²) in [7, 11) is 0. The maximum absolute atomic E-state index is 12.7. The Hall–Kier alpha value is -0.370. The summed E-state index contributed by atoms with van der Waals surface area (Å²) >= 11 is 0. The molecular weight excluding hydrogens is 222 g/mol. The van der Waals surface area contributed by atoms with Crippen LogP contribution in [0.4, 0.5) is 0 Å². The Labute approximate surface area is 110 Å². The van der Waals surface area contributed by atoms with E-state index < -0.39 is 0 Å². The first kappa shape index (κ1) is 11.5. The molecule has 0 aromatic heterocycles. The maximum atomic E-state index is 12.7. The molecule has 0 spiro atoms. The standard InChI is InChI=1S/C16H25NO/c1-15(2)9-17-13(14(15)18)16-6-10-3-11(7-16)5-12(4-10)8-16/h10-13,17H,3-9H2,1-2H3. The summed E-state index contributed by atoms with van der Waals surface area (Å²) in [6, 6.07) is 0.181. The van der Waals surface area contributed by atoms with Crippen molar-refractivity contribution in [3.8, 4) is 0 Å². The summed E-state index contributed by atoms with van der Waals surface area (Å²) in [6.45, 7) is 5.12. The Bertz CT molecular complexity index is 363. The lowest BCUT2D eigenvalue weighted by atomic mass is 9.47. The monoisotopic (exact) mass is 247 g/mol. The summed E-state index contributed by atoms with van der Waals surface area (Å²) in [5.74, 6) is 3.32. The molecule has 0 radical (unpaired) electrons. The van der Waals surface area contributed by atoms with E-state index in [1.807, 2.05) is 0 Å². The van der Waals surface area contributed by atoms with E-state index in [0.717, 1.165) is 24.3 Å². The SMILES string of the molecule is CC1(C)CNC(C23CC4CC(CC(C4)C2)C3)C1=O. The van der Waals surface area contributed by atoms with Crippen LogP contribution in [0.2, 0.25) is 0 Å². The summed E-state index contributed by atoms with van der Waals surface area (Å²) < 4.78 is 0. The van der Waals surface area contributed by atoms with Gasteiger partial charge in [0.1, 0.15) is 0 Å². The molecule has 5 fully saturated rings. The molecular formula is C16H25NO. The fraction of sp³-hybridized carbons (Fsp3) is 0.938. The van der Waals surface area contributed by atoms with E-state index >= 15 is 0 Å². The van der Waals surface area contributed by atoms with Gasteiger partial charge in [0.2, 0.25) is 0 Å². The molecule has 2 nitrogen and oxygen atoms in total. The normalized spacial score (nSPS) is 53.1. The first-order chi connectivity index (χ1) is 8.48. The molecule has 5 rings (SSSR count). The lowest BCUT2D eigenvalue weighted by Gasteiger charge is -2.58. The second-order valence-electron chi connectivity index (χ2n) is 8.34. The molecule has 1 aliphatic heterocycles.